The van der Waals surface area contributed by atoms with E-state index >= 15 is 0 Å². The molecule has 0 aromatic heterocycles. The third-order valence-electron chi connectivity index (χ3n) is 3.06. The quantitative estimate of drug-likeness (QED) is 0.639. The average Bonchev–Trinajstić information content (AvgIpc) is 2.30. The average molecular weight is 279 g/mol. The lowest BCUT2D eigenvalue weighted by Crippen LogP contribution is -2.36. The zero-order valence-corrected chi connectivity index (χ0v) is 12.3. The van der Waals surface area contributed by atoms with Crippen molar-refractivity contribution in [3.63, 3.8) is 0 Å². The molecule has 0 unspecified atom stereocenters. The predicted octanol–water partition coefficient (Wildman–Crippen LogP) is 2.52. The number of hydrogen-bond acceptors (Lipinski definition) is 4. The summed E-state index contributed by atoms with van der Waals surface area (Å²) in [7, 11) is 0. The molecule has 1 atom stereocenters. The Hall–Kier alpha value is -1.95. The first-order chi connectivity index (χ1) is 9.22. The fraction of sp³-hybridized carbons (Fsp3) is 0.500. The smallest absolute Gasteiger partial charge is 0.274 e. The van der Waals surface area contributed by atoms with Gasteiger partial charge in [0.15, 0.2) is 0 Å². The van der Waals surface area contributed by atoms with Gasteiger partial charge in [-0.1, -0.05) is 13.8 Å². The standard InChI is InChI=1S/C14H21N3O3/c1-8(2)5-11(15)14(18)16-12-7-13(17(19)20)10(4)6-9(12)3/h6-8,11H,5,15H2,1-4H3,(H,16,18)/t11-/m1/s1. The van der Waals surface area contributed by atoms with Crippen molar-refractivity contribution in [2.24, 2.45) is 11.7 Å². The number of aryl methyl sites for hydroxylation is 2. The second-order valence-corrected chi connectivity index (χ2v) is 5.44. The van der Waals surface area contributed by atoms with Crippen LogP contribution in [0.25, 0.3) is 0 Å². The van der Waals surface area contributed by atoms with E-state index in [0.29, 0.717) is 23.6 Å². The van der Waals surface area contributed by atoms with Crippen molar-refractivity contribution in [1.82, 2.24) is 0 Å². The van der Waals surface area contributed by atoms with Crippen LogP contribution in [0.2, 0.25) is 0 Å². The maximum Gasteiger partial charge on any atom is 0.274 e. The zero-order chi connectivity index (χ0) is 15.4. The molecule has 6 nitrogen and oxygen atoms in total. The molecule has 0 bridgehead atoms. The molecular formula is C14H21N3O3. The highest BCUT2D eigenvalue weighted by Gasteiger charge is 2.18. The van der Waals surface area contributed by atoms with Gasteiger partial charge in [-0.05, 0) is 37.8 Å². The molecule has 0 heterocycles. The molecule has 0 fully saturated rings. The van der Waals surface area contributed by atoms with E-state index in [1.807, 2.05) is 13.8 Å². The molecule has 0 radical (unpaired) electrons. The Morgan fingerprint density at radius 1 is 1.35 bits per heavy atom. The third kappa shape index (κ3) is 4.03. The number of nitrogens with one attached hydrogen (secondary N) is 1. The summed E-state index contributed by atoms with van der Waals surface area (Å²) in [5.41, 5.74) is 7.57. The highest BCUT2D eigenvalue weighted by molar-refractivity contribution is 5.95. The number of carbonyl (C=O) groups excluding carboxylic acids is 1. The van der Waals surface area contributed by atoms with E-state index in [0.717, 1.165) is 5.56 Å². The Morgan fingerprint density at radius 2 is 1.95 bits per heavy atom. The fourth-order valence-electron chi connectivity index (χ4n) is 2.01. The van der Waals surface area contributed by atoms with Crippen LogP contribution < -0.4 is 11.1 Å². The number of amides is 1. The van der Waals surface area contributed by atoms with Crippen LogP contribution in [0.15, 0.2) is 12.1 Å². The summed E-state index contributed by atoms with van der Waals surface area (Å²) in [4.78, 5) is 22.4. The van der Waals surface area contributed by atoms with Crippen LogP contribution in [0.5, 0.6) is 0 Å². The number of nitro groups is 1. The molecule has 1 aromatic rings. The van der Waals surface area contributed by atoms with E-state index in [1.165, 1.54) is 6.07 Å². The number of nitro benzene ring substituents is 1. The van der Waals surface area contributed by atoms with E-state index in [-0.39, 0.29) is 11.6 Å². The molecule has 1 aromatic carbocycles. The molecule has 0 saturated heterocycles. The molecule has 6 heteroatoms. The minimum absolute atomic E-state index is 0.0108. The Kier molecular flexibility index (Phi) is 5.21. The zero-order valence-electron chi connectivity index (χ0n) is 12.3. The number of rotatable bonds is 5. The Bertz CT molecular complexity index is 527. The number of anilines is 1. The highest BCUT2D eigenvalue weighted by Crippen LogP contribution is 2.26. The second kappa shape index (κ2) is 6.47. The van der Waals surface area contributed by atoms with Crippen LogP contribution in [0.1, 0.15) is 31.4 Å². The van der Waals surface area contributed by atoms with E-state index in [1.54, 1.807) is 19.9 Å². The van der Waals surface area contributed by atoms with Gasteiger partial charge in [-0.2, -0.15) is 0 Å². The summed E-state index contributed by atoms with van der Waals surface area (Å²) in [5.74, 6) is -0.0100. The summed E-state index contributed by atoms with van der Waals surface area (Å²) >= 11 is 0. The highest BCUT2D eigenvalue weighted by atomic mass is 16.6. The first-order valence-electron chi connectivity index (χ1n) is 6.54. The SMILES string of the molecule is Cc1cc(C)c([N+](=O)[O-])cc1NC(=O)[C@H](N)CC(C)C. The minimum atomic E-state index is -0.616. The molecular weight excluding hydrogens is 258 g/mol. The molecule has 0 aliphatic carbocycles. The lowest BCUT2D eigenvalue weighted by Gasteiger charge is -2.15. The largest absolute Gasteiger partial charge is 0.324 e. The summed E-state index contributed by atoms with van der Waals surface area (Å²) in [6.45, 7) is 7.42. The van der Waals surface area contributed by atoms with Gasteiger partial charge in [0, 0.05) is 11.6 Å². The van der Waals surface area contributed by atoms with E-state index in [4.69, 9.17) is 5.73 Å². The van der Waals surface area contributed by atoms with Crippen molar-refractivity contribution in [3.8, 4) is 0 Å². The molecule has 110 valence electrons. The van der Waals surface area contributed by atoms with Crippen molar-refractivity contribution in [2.75, 3.05) is 5.32 Å². The van der Waals surface area contributed by atoms with Gasteiger partial charge in [0.2, 0.25) is 5.91 Å². The number of nitrogens with two attached hydrogens (primary N) is 1. The molecule has 1 amide bonds. The topological polar surface area (TPSA) is 98.3 Å². The van der Waals surface area contributed by atoms with Crippen molar-refractivity contribution < 1.29 is 9.72 Å². The van der Waals surface area contributed by atoms with Gasteiger partial charge >= 0.3 is 0 Å². The van der Waals surface area contributed by atoms with Crippen molar-refractivity contribution in [2.45, 2.75) is 40.2 Å². The van der Waals surface area contributed by atoms with Crippen LogP contribution in [-0.4, -0.2) is 16.9 Å². The van der Waals surface area contributed by atoms with Gasteiger partial charge in [-0.25, -0.2) is 0 Å². The van der Waals surface area contributed by atoms with Gasteiger partial charge in [-0.15, -0.1) is 0 Å². The van der Waals surface area contributed by atoms with Gasteiger partial charge in [-0.3, -0.25) is 14.9 Å². The van der Waals surface area contributed by atoms with E-state index in [2.05, 4.69) is 5.32 Å². The molecule has 20 heavy (non-hydrogen) atoms. The normalized spacial score (nSPS) is 12.3. The minimum Gasteiger partial charge on any atom is -0.324 e. The first-order valence-corrected chi connectivity index (χ1v) is 6.54. The maximum absolute atomic E-state index is 12.0. The van der Waals surface area contributed by atoms with Crippen LogP contribution in [0.3, 0.4) is 0 Å². The number of hydrogen-bond donors (Lipinski definition) is 2. The van der Waals surface area contributed by atoms with Gasteiger partial charge in [0.25, 0.3) is 5.69 Å². The van der Waals surface area contributed by atoms with Crippen molar-refractivity contribution >= 4 is 17.3 Å². The molecule has 3 N–H and O–H groups in total. The molecule has 0 aliphatic rings. The first kappa shape index (κ1) is 16.1. The summed E-state index contributed by atoms with van der Waals surface area (Å²) in [5, 5.41) is 13.6. The fourth-order valence-corrected chi connectivity index (χ4v) is 2.01. The van der Waals surface area contributed by atoms with E-state index in [9.17, 15) is 14.9 Å². The van der Waals surface area contributed by atoms with Crippen LogP contribution in [0.4, 0.5) is 11.4 Å². The molecule has 0 saturated carbocycles. The van der Waals surface area contributed by atoms with Crippen molar-refractivity contribution in [1.29, 1.82) is 0 Å². The number of carbonyl (C=O) groups is 1. The van der Waals surface area contributed by atoms with Gasteiger partial charge in [0.1, 0.15) is 0 Å². The Morgan fingerprint density at radius 3 is 2.45 bits per heavy atom. The Balaban J connectivity index is 2.95. The third-order valence-corrected chi connectivity index (χ3v) is 3.06. The van der Waals surface area contributed by atoms with Crippen LogP contribution in [-0.2, 0) is 4.79 Å². The van der Waals surface area contributed by atoms with E-state index < -0.39 is 11.0 Å². The monoisotopic (exact) mass is 279 g/mol. The molecule has 0 spiro atoms. The number of benzene rings is 1. The van der Waals surface area contributed by atoms with Gasteiger partial charge < -0.3 is 11.1 Å². The summed E-state index contributed by atoms with van der Waals surface area (Å²) in [6.07, 6.45) is 0.568. The second-order valence-electron chi connectivity index (χ2n) is 5.44. The van der Waals surface area contributed by atoms with Crippen LogP contribution >= 0.6 is 0 Å². The predicted molar refractivity (Wildman–Crippen MR) is 78.6 cm³/mol. The lowest BCUT2D eigenvalue weighted by atomic mass is 10.0. The van der Waals surface area contributed by atoms with Crippen molar-refractivity contribution in [3.05, 3.63) is 33.4 Å². The lowest BCUT2D eigenvalue weighted by molar-refractivity contribution is -0.385. The van der Waals surface area contributed by atoms with Crippen LogP contribution in [0, 0.1) is 29.9 Å². The Labute approximate surface area is 118 Å². The van der Waals surface area contributed by atoms with Gasteiger partial charge in [0.05, 0.1) is 16.7 Å². The molecule has 1 rings (SSSR count). The summed E-state index contributed by atoms with van der Waals surface area (Å²) < 4.78 is 0. The maximum atomic E-state index is 12.0. The number of nitrogens with zero attached hydrogens (tertiary/aromatic N) is 1. The molecule has 0 aliphatic heterocycles. The summed E-state index contributed by atoms with van der Waals surface area (Å²) in [6, 6.07) is 2.45.